The van der Waals surface area contributed by atoms with Gasteiger partial charge in [-0.2, -0.15) is 0 Å². The van der Waals surface area contributed by atoms with Gasteiger partial charge in [-0.25, -0.2) is 13.4 Å². The highest BCUT2D eigenvalue weighted by Gasteiger charge is 2.33. The largest absolute Gasteiger partial charge is 0.383 e. The molecule has 0 spiro atoms. The number of carbonyl (C=O) groups is 1. The van der Waals surface area contributed by atoms with Crippen molar-refractivity contribution in [2.24, 2.45) is 0 Å². The number of nitrogen functional groups attached to an aromatic ring is 1. The van der Waals surface area contributed by atoms with Gasteiger partial charge in [0.2, 0.25) is 0 Å². The van der Waals surface area contributed by atoms with Crippen LogP contribution in [0.2, 0.25) is 0 Å². The summed E-state index contributed by atoms with van der Waals surface area (Å²) in [6.45, 7) is 1.64. The maximum Gasteiger partial charge on any atom is 0.288 e. The number of sulfone groups is 1. The summed E-state index contributed by atoms with van der Waals surface area (Å²) >= 11 is 0. The van der Waals surface area contributed by atoms with Crippen molar-refractivity contribution in [1.29, 1.82) is 0 Å². The second-order valence-electron chi connectivity index (χ2n) is 4.85. The average molecular weight is 314 g/mol. The van der Waals surface area contributed by atoms with Gasteiger partial charge < -0.3 is 10.6 Å². The van der Waals surface area contributed by atoms with Crippen LogP contribution in [0.5, 0.6) is 0 Å². The third-order valence-electron chi connectivity index (χ3n) is 3.28. The van der Waals surface area contributed by atoms with Crippen molar-refractivity contribution >= 4 is 27.2 Å². The van der Waals surface area contributed by atoms with E-state index in [2.05, 4.69) is 4.98 Å². The maximum atomic E-state index is 12.4. The molecular formula is C11H14N4O5S. The number of rotatable bonds is 2. The summed E-state index contributed by atoms with van der Waals surface area (Å²) in [7, 11) is -3.16. The first-order chi connectivity index (χ1) is 9.71. The number of anilines is 1. The number of aromatic nitrogens is 1. The van der Waals surface area contributed by atoms with Crippen LogP contribution < -0.4 is 5.73 Å². The van der Waals surface area contributed by atoms with E-state index < -0.39 is 26.7 Å². The fourth-order valence-corrected chi connectivity index (χ4v) is 3.75. The summed E-state index contributed by atoms with van der Waals surface area (Å²) in [5.74, 6) is -0.941. The van der Waals surface area contributed by atoms with Crippen molar-refractivity contribution in [2.75, 3.05) is 23.8 Å². The van der Waals surface area contributed by atoms with Crippen molar-refractivity contribution in [3.63, 3.8) is 0 Å². The first-order valence-electron chi connectivity index (χ1n) is 6.12. The molecule has 0 bridgehead atoms. The number of pyridine rings is 1. The number of amides is 1. The normalized spacial score (nSPS) is 21.0. The molecule has 0 aliphatic carbocycles. The van der Waals surface area contributed by atoms with Crippen molar-refractivity contribution in [2.45, 2.75) is 13.0 Å². The molecule has 2 heterocycles. The molecule has 1 atom stereocenters. The molecule has 0 radical (unpaired) electrons. The Labute approximate surface area is 120 Å². The molecule has 1 aliphatic heterocycles. The number of hydrogen-bond acceptors (Lipinski definition) is 7. The fourth-order valence-electron chi connectivity index (χ4n) is 2.19. The molecule has 0 aromatic carbocycles. The van der Waals surface area contributed by atoms with Crippen molar-refractivity contribution in [3.05, 3.63) is 27.9 Å². The lowest BCUT2D eigenvalue weighted by molar-refractivity contribution is -0.385. The zero-order valence-corrected chi connectivity index (χ0v) is 12.0. The highest BCUT2D eigenvalue weighted by atomic mass is 32.2. The van der Waals surface area contributed by atoms with E-state index in [0.717, 1.165) is 12.3 Å². The summed E-state index contributed by atoms with van der Waals surface area (Å²) in [6.07, 6.45) is 0.968. The average Bonchev–Trinajstić information content (AvgIpc) is 2.37. The Hall–Kier alpha value is -2.23. The maximum absolute atomic E-state index is 12.4. The molecule has 1 amide bonds. The first-order valence-corrected chi connectivity index (χ1v) is 7.95. The Kier molecular flexibility index (Phi) is 3.81. The molecule has 21 heavy (non-hydrogen) atoms. The van der Waals surface area contributed by atoms with Crippen LogP contribution in [-0.4, -0.2) is 53.2 Å². The molecule has 10 heteroatoms. The van der Waals surface area contributed by atoms with Crippen LogP contribution in [0.15, 0.2) is 12.3 Å². The van der Waals surface area contributed by atoms with Crippen LogP contribution in [0, 0.1) is 10.1 Å². The van der Waals surface area contributed by atoms with E-state index in [0.29, 0.717) is 0 Å². The Morgan fingerprint density at radius 1 is 1.57 bits per heavy atom. The van der Waals surface area contributed by atoms with Gasteiger partial charge in [-0.05, 0) is 6.92 Å². The van der Waals surface area contributed by atoms with Gasteiger partial charge in [0.05, 0.1) is 22.0 Å². The second-order valence-corrected chi connectivity index (χ2v) is 7.07. The minimum Gasteiger partial charge on any atom is -0.383 e. The zero-order chi connectivity index (χ0) is 15.8. The molecule has 2 N–H and O–H groups in total. The van der Waals surface area contributed by atoms with Gasteiger partial charge in [-0.3, -0.25) is 14.9 Å². The Morgan fingerprint density at radius 3 is 2.81 bits per heavy atom. The molecule has 0 saturated carbocycles. The molecular weight excluding hydrogens is 300 g/mol. The second kappa shape index (κ2) is 5.28. The van der Waals surface area contributed by atoms with Crippen molar-refractivity contribution in [1.82, 2.24) is 9.88 Å². The Balaban J connectivity index is 2.32. The molecule has 2 rings (SSSR count). The van der Waals surface area contributed by atoms with Gasteiger partial charge >= 0.3 is 0 Å². The van der Waals surface area contributed by atoms with Crippen LogP contribution in [0.1, 0.15) is 17.3 Å². The minimum atomic E-state index is -3.16. The lowest BCUT2D eigenvalue weighted by atomic mass is 10.2. The Morgan fingerprint density at radius 2 is 2.24 bits per heavy atom. The summed E-state index contributed by atoms with van der Waals surface area (Å²) in [4.78, 5) is 27.5. The molecule has 1 unspecified atom stereocenters. The summed E-state index contributed by atoms with van der Waals surface area (Å²) in [5, 5.41) is 10.7. The fraction of sp³-hybridized carbons (Fsp3) is 0.455. The quantitative estimate of drug-likeness (QED) is 0.591. The molecule has 114 valence electrons. The van der Waals surface area contributed by atoms with Crippen LogP contribution in [-0.2, 0) is 9.84 Å². The molecule has 1 fully saturated rings. The topological polar surface area (TPSA) is 136 Å². The van der Waals surface area contributed by atoms with Gasteiger partial charge in [-0.1, -0.05) is 0 Å². The van der Waals surface area contributed by atoms with E-state index in [1.54, 1.807) is 6.92 Å². The van der Waals surface area contributed by atoms with Gasteiger partial charge in [0.1, 0.15) is 12.0 Å². The van der Waals surface area contributed by atoms with Gasteiger partial charge in [0, 0.05) is 18.7 Å². The van der Waals surface area contributed by atoms with E-state index in [1.165, 1.54) is 4.90 Å². The lowest BCUT2D eigenvalue weighted by Gasteiger charge is -2.33. The monoisotopic (exact) mass is 314 g/mol. The SMILES string of the molecule is CC1CS(=O)(=O)CCN1C(=O)c1cc([N+](=O)[O-])cnc1N. The van der Waals surface area contributed by atoms with Crippen LogP contribution >= 0.6 is 0 Å². The minimum absolute atomic E-state index is 0.0322. The van der Waals surface area contributed by atoms with Crippen LogP contribution in [0.3, 0.4) is 0 Å². The smallest absolute Gasteiger partial charge is 0.288 e. The summed E-state index contributed by atoms with van der Waals surface area (Å²) in [5.41, 5.74) is 5.17. The number of carbonyl (C=O) groups excluding carboxylic acids is 1. The number of nitro groups is 1. The van der Waals surface area contributed by atoms with Gasteiger partial charge in [0.25, 0.3) is 11.6 Å². The van der Waals surface area contributed by atoms with Crippen LogP contribution in [0.4, 0.5) is 11.5 Å². The first kappa shape index (κ1) is 15.2. The third-order valence-corrected chi connectivity index (χ3v) is 5.07. The third kappa shape index (κ3) is 3.10. The standard InChI is InChI=1S/C11H14N4O5S/c1-7-6-21(19,20)3-2-14(7)11(16)9-4-8(15(17)18)5-13-10(9)12/h4-5,7H,2-3,6H2,1H3,(H2,12,13). The van der Waals surface area contributed by atoms with Crippen molar-refractivity contribution in [3.8, 4) is 0 Å². The molecule has 9 nitrogen and oxygen atoms in total. The predicted octanol–water partition coefficient (Wildman–Crippen LogP) is -0.169. The lowest BCUT2D eigenvalue weighted by Crippen LogP contribution is -2.49. The van der Waals surface area contributed by atoms with E-state index in [1.807, 2.05) is 0 Å². The van der Waals surface area contributed by atoms with Gasteiger partial charge in [0.15, 0.2) is 9.84 Å². The van der Waals surface area contributed by atoms with Crippen molar-refractivity contribution < 1.29 is 18.1 Å². The zero-order valence-electron chi connectivity index (χ0n) is 11.2. The van der Waals surface area contributed by atoms with E-state index in [-0.39, 0.29) is 35.1 Å². The number of nitrogens with zero attached hydrogens (tertiary/aromatic N) is 3. The van der Waals surface area contributed by atoms with Gasteiger partial charge in [-0.15, -0.1) is 0 Å². The summed E-state index contributed by atoms with van der Waals surface area (Å²) < 4.78 is 23.0. The predicted molar refractivity (Wildman–Crippen MR) is 74.5 cm³/mol. The van der Waals surface area contributed by atoms with E-state index >= 15 is 0 Å². The summed E-state index contributed by atoms with van der Waals surface area (Å²) in [6, 6.07) is 0.537. The molecule has 1 saturated heterocycles. The molecule has 1 aromatic rings. The highest BCUT2D eigenvalue weighted by molar-refractivity contribution is 7.91. The highest BCUT2D eigenvalue weighted by Crippen LogP contribution is 2.21. The molecule has 1 aromatic heterocycles. The molecule has 1 aliphatic rings. The number of hydrogen-bond donors (Lipinski definition) is 1. The van der Waals surface area contributed by atoms with E-state index in [4.69, 9.17) is 5.73 Å². The Bertz CT molecular complexity index is 703. The number of nitrogens with two attached hydrogens (primary N) is 1. The van der Waals surface area contributed by atoms with E-state index in [9.17, 15) is 23.3 Å². The van der Waals surface area contributed by atoms with Crippen LogP contribution in [0.25, 0.3) is 0 Å².